The van der Waals surface area contributed by atoms with Crippen molar-refractivity contribution in [2.45, 2.75) is 32.0 Å². The van der Waals surface area contributed by atoms with Gasteiger partial charge in [-0.2, -0.15) is 0 Å². The molecule has 1 fully saturated rings. The number of ether oxygens (including phenoxy) is 4. The highest BCUT2D eigenvalue weighted by Gasteiger charge is 2.26. The van der Waals surface area contributed by atoms with Crippen molar-refractivity contribution < 1.29 is 18.9 Å². The van der Waals surface area contributed by atoms with Gasteiger partial charge < -0.3 is 23.8 Å². The quantitative estimate of drug-likeness (QED) is 0.132. The fourth-order valence-electron chi connectivity index (χ4n) is 6.36. The lowest BCUT2D eigenvalue weighted by Crippen LogP contribution is -2.44. The van der Waals surface area contributed by atoms with E-state index in [0.717, 1.165) is 72.3 Å². The third-order valence-corrected chi connectivity index (χ3v) is 9.16. The standard InChI is InChI=1S/C39H41ClN4O4/c1-45-34-11-9-32(10-12-34)44(26-28-14-18-41-35(22-28)29-5-7-31(40)8-6-29)33-15-19-43(20-16-33)25-27-13-17-42-36(21-27)30-23-37(46-2)39(48-4)38(24-30)47-3/h5-14,17-18,21-24,33H,15-16,19-20,25-26H2,1-4H3. The van der Waals surface area contributed by atoms with Gasteiger partial charge in [-0.3, -0.25) is 14.9 Å². The second-order valence-corrected chi connectivity index (χ2v) is 12.3. The number of anilines is 1. The summed E-state index contributed by atoms with van der Waals surface area (Å²) in [5.74, 6) is 2.63. The molecule has 0 saturated carbocycles. The highest BCUT2D eigenvalue weighted by Crippen LogP contribution is 2.41. The average molecular weight is 665 g/mol. The first kappa shape index (κ1) is 33.1. The number of piperidine rings is 1. The normalized spacial score (nSPS) is 13.6. The molecule has 1 saturated heterocycles. The predicted octanol–water partition coefficient (Wildman–Crippen LogP) is 8.17. The minimum absolute atomic E-state index is 0.383. The number of nitrogens with zero attached hydrogens (tertiary/aromatic N) is 4. The molecule has 1 aliphatic rings. The van der Waals surface area contributed by atoms with Crippen molar-refractivity contribution in [1.82, 2.24) is 14.9 Å². The maximum Gasteiger partial charge on any atom is 0.203 e. The Balaban J connectivity index is 1.17. The molecule has 3 heterocycles. The fourth-order valence-corrected chi connectivity index (χ4v) is 6.49. The monoisotopic (exact) mass is 664 g/mol. The van der Waals surface area contributed by atoms with Gasteiger partial charge in [0, 0.05) is 66.5 Å². The molecule has 5 aromatic rings. The molecule has 3 aromatic carbocycles. The van der Waals surface area contributed by atoms with Gasteiger partial charge in [0.2, 0.25) is 5.75 Å². The summed E-state index contributed by atoms with van der Waals surface area (Å²) in [5.41, 5.74) is 7.38. The summed E-state index contributed by atoms with van der Waals surface area (Å²) in [6, 6.07) is 29.0. The number of pyridine rings is 2. The van der Waals surface area contributed by atoms with E-state index < -0.39 is 0 Å². The van der Waals surface area contributed by atoms with Crippen LogP contribution in [0.1, 0.15) is 24.0 Å². The van der Waals surface area contributed by atoms with Crippen molar-refractivity contribution in [1.29, 1.82) is 0 Å². The summed E-state index contributed by atoms with van der Waals surface area (Å²) in [6.45, 7) is 3.61. The number of likely N-dealkylation sites (tertiary alicyclic amines) is 1. The van der Waals surface area contributed by atoms with Gasteiger partial charge >= 0.3 is 0 Å². The van der Waals surface area contributed by atoms with E-state index in [2.05, 4.69) is 56.2 Å². The smallest absolute Gasteiger partial charge is 0.203 e. The van der Waals surface area contributed by atoms with Gasteiger partial charge in [0.15, 0.2) is 11.5 Å². The van der Waals surface area contributed by atoms with E-state index in [1.54, 1.807) is 28.4 Å². The maximum absolute atomic E-state index is 6.14. The van der Waals surface area contributed by atoms with Crippen molar-refractivity contribution in [2.75, 3.05) is 46.4 Å². The van der Waals surface area contributed by atoms with E-state index in [0.29, 0.717) is 23.3 Å². The predicted molar refractivity (Wildman–Crippen MR) is 191 cm³/mol. The van der Waals surface area contributed by atoms with Crippen LogP contribution in [-0.4, -0.2) is 62.4 Å². The minimum Gasteiger partial charge on any atom is -0.497 e. The van der Waals surface area contributed by atoms with E-state index in [1.807, 2.05) is 60.9 Å². The Kier molecular flexibility index (Phi) is 10.6. The molecule has 0 unspecified atom stereocenters. The van der Waals surface area contributed by atoms with Crippen LogP contribution in [0.2, 0.25) is 5.02 Å². The number of benzene rings is 3. The molecule has 1 aliphatic heterocycles. The van der Waals surface area contributed by atoms with Gasteiger partial charge in [-0.25, -0.2) is 0 Å². The third-order valence-electron chi connectivity index (χ3n) is 8.91. The lowest BCUT2D eigenvalue weighted by Gasteiger charge is -2.40. The van der Waals surface area contributed by atoms with Gasteiger partial charge in [-0.05, 0) is 96.8 Å². The van der Waals surface area contributed by atoms with Crippen LogP contribution in [0.3, 0.4) is 0 Å². The minimum atomic E-state index is 0.383. The summed E-state index contributed by atoms with van der Waals surface area (Å²) in [4.78, 5) is 14.4. The van der Waals surface area contributed by atoms with Crippen LogP contribution in [0.25, 0.3) is 22.5 Å². The van der Waals surface area contributed by atoms with Crippen LogP contribution >= 0.6 is 11.6 Å². The Labute approximate surface area is 287 Å². The highest BCUT2D eigenvalue weighted by molar-refractivity contribution is 6.30. The Morgan fingerprint density at radius 3 is 1.90 bits per heavy atom. The molecule has 2 aromatic heterocycles. The van der Waals surface area contributed by atoms with Gasteiger partial charge in [0.25, 0.3) is 0 Å². The number of methoxy groups -OCH3 is 4. The van der Waals surface area contributed by atoms with Crippen molar-refractivity contribution in [3.8, 4) is 45.5 Å². The molecular weight excluding hydrogens is 624 g/mol. The maximum atomic E-state index is 6.14. The molecule has 0 aliphatic carbocycles. The van der Waals surface area contributed by atoms with Crippen molar-refractivity contribution in [2.24, 2.45) is 0 Å². The van der Waals surface area contributed by atoms with Gasteiger partial charge in [0.1, 0.15) is 5.75 Å². The topological polar surface area (TPSA) is 69.2 Å². The third kappa shape index (κ3) is 7.67. The zero-order chi connectivity index (χ0) is 33.5. The fraction of sp³-hybridized carbons (Fsp3) is 0.282. The summed E-state index contributed by atoms with van der Waals surface area (Å²) in [6.07, 6.45) is 5.87. The number of aromatic nitrogens is 2. The molecule has 8 nitrogen and oxygen atoms in total. The van der Waals surface area contributed by atoms with Gasteiger partial charge in [-0.15, -0.1) is 0 Å². The van der Waals surface area contributed by atoms with E-state index in [9.17, 15) is 0 Å². The molecule has 0 bridgehead atoms. The Hall–Kier alpha value is -4.79. The Bertz CT molecular complexity index is 1780. The molecule has 9 heteroatoms. The summed E-state index contributed by atoms with van der Waals surface area (Å²) < 4.78 is 22.1. The molecular formula is C39H41ClN4O4. The molecule has 48 heavy (non-hydrogen) atoms. The molecule has 0 atom stereocenters. The average Bonchev–Trinajstić information content (AvgIpc) is 3.14. The van der Waals surface area contributed by atoms with Crippen LogP contribution in [0, 0.1) is 0 Å². The van der Waals surface area contributed by atoms with Crippen LogP contribution in [-0.2, 0) is 13.1 Å². The first-order chi connectivity index (χ1) is 23.5. The van der Waals surface area contributed by atoms with Crippen molar-refractivity contribution in [3.63, 3.8) is 0 Å². The second-order valence-electron chi connectivity index (χ2n) is 11.9. The summed E-state index contributed by atoms with van der Waals surface area (Å²) >= 11 is 6.14. The Morgan fingerprint density at radius 1 is 0.688 bits per heavy atom. The second kappa shape index (κ2) is 15.4. The molecule has 0 spiro atoms. The van der Waals surface area contributed by atoms with Crippen molar-refractivity contribution in [3.05, 3.63) is 113 Å². The number of rotatable bonds is 12. The molecule has 6 rings (SSSR count). The molecule has 248 valence electrons. The first-order valence-electron chi connectivity index (χ1n) is 16.1. The zero-order valence-corrected chi connectivity index (χ0v) is 28.6. The number of hydrogen-bond donors (Lipinski definition) is 0. The lowest BCUT2D eigenvalue weighted by molar-refractivity contribution is 0.201. The van der Waals surface area contributed by atoms with Crippen molar-refractivity contribution >= 4 is 17.3 Å². The van der Waals surface area contributed by atoms with E-state index in [1.165, 1.54) is 16.8 Å². The first-order valence-corrected chi connectivity index (χ1v) is 16.4. The molecule has 0 N–H and O–H groups in total. The van der Waals surface area contributed by atoms with Crippen LogP contribution < -0.4 is 23.8 Å². The van der Waals surface area contributed by atoms with Crippen LogP contribution in [0.5, 0.6) is 23.0 Å². The number of halogens is 1. The summed E-state index contributed by atoms with van der Waals surface area (Å²) in [5, 5.41) is 0.717. The molecule has 0 radical (unpaired) electrons. The van der Waals surface area contributed by atoms with Crippen LogP contribution in [0.15, 0.2) is 97.3 Å². The van der Waals surface area contributed by atoms with Crippen LogP contribution in [0.4, 0.5) is 5.69 Å². The highest BCUT2D eigenvalue weighted by atomic mass is 35.5. The molecule has 0 amide bonds. The SMILES string of the molecule is COc1ccc(N(Cc2ccnc(-c3ccc(Cl)cc3)c2)C2CCN(Cc3ccnc(-c4cc(OC)c(OC)c(OC)c4)c3)CC2)cc1. The van der Waals surface area contributed by atoms with E-state index in [4.69, 9.17) is 30.5 Å². The lowest BCUT2D eigenvalue weighted by atomic mass is 10.00. The Morgan fingerprint density at radius 2 is 1.29 bits per heavy atom. The number of hydrogen-bond acceptors (Lipinski definition) is 8. The van der Waals surface area contributed by atoms with E-state index >= 15 is 0 Å². The summed E-state index contributed by atoms with van der Waals surface area (Å²) in [7, 11) is 6.56. The van der Waals surface area contributed by atoms with E-state index in [-0.39, 0.29) is 0 Å². The van der Waals surface area contributed by atoms with Gasteiger partial charge in [-0.1, -0.05) is 23.7 Å². The van der Waals surface area contributed by atoms with Gasteiger partial charge in [0.05, 0.1) is 39.8 Å². The zero-order valence-electron chi connectivity index (χ0n) is 27.9. The largest absolute Gasteiger partial charge is 0.497 e.